The third-order valence-electron chi connectivity index (χ3n) is 12.5. The molecule has 4 amide bonds. The summed E-state index contributed by atoms with van der Waals surface area (Å²) in [6.07, 6.45) is 0.602. The maximum absolute atomic E-state index is 14.2. The summed E-state index contributed by atoms with van der Waals surface area (Å²) in [5, 5.41) is 6.23. The van der Waals surface area contributed by atoms with E-state index in [9.17, 15) is 19.2 Å². The van der Waals surface area contributed by atoms with Gasteiger partial charge in [0.1, 0.15) is 19.6 Å². The highest BCUT2D eigenvalue weighted by molar-refractivity contribution is 5.87. The molecule has 1 aromatic rings. The van der Waals surface area contributed by atoms with Crippen LogP contribution in [0.3, 0.4) is 0 Å². The number of carbonyl (C=O) groups is 4. The highest BCUT2D eigenvalue weighted by Gasteiger charge is 2.41. The summed E-state index contributed by atoms with van der Waals surface area (Å²) >= 11 is 0. The lowest BCUT2D eigenvalue weighted by Crippen LogP contribution is -2.55. The lowest BCUT2D eigenvalue weighted by molar-refractivity contribution is -0.145. The van der Waals surface area contributed by atoms with Gasteiger partial charge in [0.15, 0.2) is 0 Å². The van der Waals surface area contributed by atoms with E-state index in [4.69, 9.17) is 28.4 Å². The van der Waals surface area contributed by atoms with Crippen LogP contribution in [0.15, 0.2) is 30.3 Å². The summed E-state index contributed by atoms with van der Waals surface area (Å²) in [7, 11) is 12.3. The fraction of sp³-hybridized carbons (Fsp3) is 0.796. The van der Waals surface area contributed by atoms with Crippen molar-refractivity contribution in [2.24, 2.45) is 17.8 Å². The zero-order valence-electron chi connectivity index (χ0n) is 43.5. The largest absolute Gasteiger partial charge is 0.440 e. The van der Waals surface area contributed by atoms with Gasteiger partial charge in [-0.2, -0.15) is 0 Å². The summed E-state index contributed by atoms with van der Waals surface area (Å²) < 4.78 is 35.6. The predicted octanol–water partition coefficient (Wildman–Crippen LogP) is 5.05. The minimum absolute atomic E-state index is 0.0198. The fourth-order valence-corrected chi connectivity index (χ4v) is 8.60. The Morgan fingerprint density at radius 1 is 0.894 bits per heavy atom. The molecule has 1 unspecified atom stereocenters. The first kappa shape index (κ1) is 58.7. The molecule has 66 heavy (non-hydrogen) atoms. The number of carbonyl (C=O) groups excluding carboxylic acids is 4. The Hall–Kier alpha value is -3.42. The smallest absolute Gasteiger partial charge is 0.410 e. The standard InChI is InChI=1S/C49H89N7O10/c1-17-35(4)44(55(14)42(58)29-50-47(59)43(34(2)3)52(10)11)40(61-15)28-41(57)56-25-21-24-39(56)45(62-16)36(5)30-63-31-51-37(6)46(38-22-19-18-20-23-38)66-48(60)54(13)27-26-53(12)32-64-33-65-49(7,8)9/h18-20,22-23,34-37,39-40,43-46,51H,17,21,24-33H2,1-16H3,(H,50,59)/t35-,36-,37+,39-,40?,43-,44-,45+,46+/m0/s1. The normalized spacial score (nSPS) is 18.1. The van der Waals surface area contributed by atoms with Crippen molar-refractivity contribution in [2.45, 2.75) is 136 Å². The average molecular weight is 936 g/mol. The van der Waals surface area contributed by atoms with Crippen molar-refractivity contribution in [1.82, 2.24) is 35.1 Å². The molecule has 9 atom stereocenters. The Morgan fingerprint density at radius 2 is 1.56 bits per heavy atom. The summed E-state index contributed by atoms with van der Waals surface area (Å²) in [6.45, 7) is 20.6. The molecule has 2 N–H and O–H groups in total. The number of ether oxygens (including phenoxy) is 6. The number of likely N-dealkylation sites (N-methyl/N-ethyl adjacent to an activating group) is 4. The van der Waals surface area contributed by atoms with Crippen LogP contribution in [0.25, 0.3) is 0 Å². The minimum Gasteiger partial charge on any atom is -0.440 e. The number of nitrogens with one attached hydrogen (secondary N) is 2. The van der Waals surface area contributed by atoms with Crippen LogP contribution in [0.5, 0.6) is 0 Å². The number of amides is 4. The van der Waals surface area contributed by atoms with Crippen molar-refractivity contribution < 1.29 is 47.6 Å². The maximum Gasteiger partial charge on any atom is 0.410 e. The molecule has 1 aromatic carbocycles. The molecule has 0 spiro atoms. The van der Waals surface area contributed by atoms with Gasteiger partial charge in [0, 0.05) is 59.9 Å². The Bertz CT molecular complexity index is 1560. The molecular weight excluding hydrogens is 847 g/mol. The molecule has 1 saturated heterocycles. The number of nitrogens with zero attached hydrogens (tertiary/aromatic N) is 5. The van der Waals surface area contributed by atoms with Crippen LogP contribution >= 0.6 is 0 Å². The summed E-state index contributed by atoms with van der Waals surface area (Å²) in [4.78, 5) is 63.1. The van der Waals surface area contributed by atoms with Crippen molar-refractivity contribution in [3.8, 4) is 0 Å². The van der Waals surface area contributed by atoms with Crippen molar-refractivity contribution in [3.05, 3.63) is 35.9 Å². The molecule has 1 heterocycles. The SMILES string of the molecule is CC[C@H](C)[C@@H](C(CC(=O)N1CCC[C@H]1[C@H](OC)[C@@H](C)COCN[C@H](C)[C@@H](OC(=O)N(C)CCN(C)COCOC(C)(C)C)c1ccccc1)OC)N(C)C(=O)CNC(=O)[C@H](C(C)C)N(C)C. The molecule has 0 saturated carbocycles. The lowest BCUT2D eigenvalue weighted by atomic mass is 9.90. The number of hydrogen-bond acceptors (Lipinski definition) is 13. The topological polar surface area (TPSA) is 164 Å². The Labute approximate surface area is 397 Å². The first-order valence-corrected chi connectivity index (χ1v) is 23.8. The van der Waals surface area contributed by atoms with Gasteiger partial charge in [-0.05, 0) is 79.1 Å². The van der Waals surface area contributed by atoms with Crippen LogP contribution in [0.4, 0.5) is 4.79 Å². The Kier molecular flexibility index (Phi) is 26.2. The van der Waals surface area contributed by atoms with Gasteiger partial charge in [0.2, 0.25) is 17.7 Å². The highest BCUT2D eigenvalue weighted by Crippen LogP contribution is 2.30. The third-order valence-corrected chi connectivity index (χ3v) is 12.5. The molecule has 0 aliphatic carbocycles. The van der Waals surface area contributed by atoms with Gasteiger partial charge < -0.3 is 48.4 Å². The van der Waals surface area contributed by atoms with Crippen LogP contribution in [0, 0.1) is 17.8 Å². The fourth-order valence-electron chi connectivity index (χ4n) is 8.60. The number of hydrogen-bond donors (Lipinski definition) is 2. The van der Waals surface area contributed by atoms with Gasteiger partial charge in [-0.3, -0.25) is 29.5 Å². The van der Waals surface area contributed by atoms with Crippen molar-refractivity contribution in [3.63, 3.8) is 0 Å². The summed E-state index contributed by atoms with van der Waals surface area (Å²) in [6, 6.07) is 8.43. The lowest BCUT2D eigenvalue weighted by Gasteiger charge is -2.39. The van der Waals surface area contributed by atoms with Crippen molar-refractivity contribution >= 4 is 23.8 Å². The average Bonchev–Trinajstić information content (AvgIpc) is 3.75. The predicted molar refractivity (Wildman–Crippen MR) is 257 cm³/mol. The van der Waals surface area contributed by atoms with Crippen molar-refractivity contribution in [1.29, 1.82) is 0 Å². The van der Waals surface area contributed by atoms with Crippen LogP contribution in [0.2, 0.25) is 0 Å². The first-order valence-electron chi connectivity index (χ1n) is 23.8. The van der Waals surface area contributed by atoms with Gasteiger partial charge in [0.05, 0.1) is 62.2 Å². The van der Waals surface area contributed by atoms with Gasteiger partial charge in [0.25, 0.3) is 0 Å². The minimum atomic E-state index is -0.581. The molecule has 1 aliphatic rings. The number of likely N-dealkylation sites (tertiary alicyclic amines) is 1. The summed E-state index contributed by atoms with van der Waals surface area (Å²) in [5.41, 5.74) is 0.575. The first-order chi connectivity index (χ1) is 31.1. The van der Waals surface area contributed by atoms with E-state index in [0.29, 0.717) is 33.0 Å². The van der Waals surface area contributed by atoms with Gasteiger partial charge in [-0.1, -0.05) is 71.4 Å². The van der Waals surface area contributed by atoms with Crippen LogP contribution in [-0.4, -0.2) is 193 Å². The van der Waals surface area contributed by atoms with Crippen LogP contribution < -0.4 is 10.6 Å². The second kappa shape index (κ2) is 29.5. The van der Waals surface area contributed by atoms with Crippen LogP contribution in [0.1, 0.15) is 99.7 Å². The molecule has 1 aliphatic heterocycles. The third kappa shape index (κ3) is 19.3. The molecule has 0 radical (unpaired) electrons. The maximum atomic E-state index is 14.2. The molecule has 17 heteroatoms. The zero-order chi connectivity index (χ0) is 49.7. The number of rotatable bonds is 30. The monoisotopic (exact) mass is 936 g/mol. The van der Waals surface area contributed by atoms with E-state index in [2.05, 4.69) is 31.4 Å². The van der Waals surface area contributed by atoms with E-state index >= 15 is 0 Å². The van der Waals surface area contributed by atoms with E-state index < -0.39 is 24.3 Å². The quantitative estimate of drug-likeness (QED) is 0.0780. The van der Waals surface area contributed by atoms with E-state index in [1.54, 1.807) is 38.1 Å². The van der Waals surface area contributed by atoms with E-state index in [0.717, 1.165) is 24.8 Å². The molecule has 17 nitrogen and oxygen atoms in total. The number of benzene rings is 1. The molecule has 380 valence electrons. The molecular formula is C49H89N7O10. The van der Waals surface area contributed by atoms with E-state index in [-0.39, 0.29) is 91.8 Å². The highest BCUT2D eigenvalue weighted by atomic mass is 16.7. The number of methoxy groups -OCH3 is 2. The molecule has 0 bridgehead atoms. The van der Waals surface area contributed by atoms with Gasteiger partial charge in [-0.15, -0.1) is 0 Å². The van der Waals surface area contributed by atoms with E-state index in [1.807, 2.05) is 108 Å². The van der Waals surface area contributed by atoms with Crippen LogP contribution in [-0.2, 0) is 42.8 Å². The Balaban J connectivity index is 2.02. The molecule has 2 rings (SSSR count). The zero-order valence-corrected chi connectivity index (χ0v) is 43.5. The summed E-state index contributed by atoms with van der Waals surface area (Å²) in [5.74, 6) is -0.480. The van der Waals surface area contributed by atoms with Crippen molar-refractivity contribution in [2.75, 3.05) is 102 Å². The molecule has 0 aromatic heterocycles. The van der Waals surface area contributed by atoms with Gasteiger partial charge >= 0.3 is 6.09 Å². The Morgan fingerprint density at radius 3 is 2.14 bits per heavy atom. The molecule has 1 fully saturated rings. The van der Waals surface area contributed by atoms with E-state index in [1.165, 1.54) is 0 Å². The van der Waals surface area contributed by atoms with Gasteiger partial charge in [-0.25, -0.2) is 4.79 Å². The second-order valence-electron chi connectivity index (χ2n) is 19.6. The second-order valence-corrected chi connectivity index (χ2v) is 19.6.